The van der Waals surface area contributed by atoms with Gasteiger partial charge in [0.05, 0.1) is 4.21 Å². The summed E-state index contributed by atoms with van der Waals surface area (Å²) in [6, 6.07) is 1.98. The van der Waals surface area contributed by atoms with Crippen LogP contribution in [0.3, 0.4) is 0 Å². The molecule has 0 aliphatic carbocycles. The predicted molar refractivity (Wildman–Crippen MR) is 64.0 cm³/mol. The third kappa shape index (κ3) is 1.65. The number of ketones is 1. The molecule has 1 aromatic heterocycles. The van der Waals surface area contributed by atoms with Gasteiger partial charge in [0.1, 0.15) is 0 Å². The van der Waals surface area contributed by atoms with Crippen molar-refractivity contribution in [1.29, 1.82) is 0 Å². The number of thiophene rings is 1. The summed E-state index contributed by atoms with van der Waals surface area (Å²) in [6.07, 6.45) is 2.99. The van der Waals surface area contributed by atoms with Crippen LogP contribution in [-0.2, 0) is 0 Å². The van der Waals surface area contributed by atoms with E-state index in [9.17, 15) is 4.79 Å². The second-order valence-electron chi connectivity index (χ2n) is 4.26. The zero-order valence-electron chi connectivity index (χ0n) is 8.41. The molecule has 2 aliphatic heterocycles. The third-order valence-electron chi connectivity index (χ3n) is 3.24. The molecule has 0 aromatic carbocycles. The Balaban J connectivity index is 1.94. The quantitative estimate of drug-likeness (QED) is 0.754. The minimum Gasteiger partial charge on any atom is -0.317 e. The van der Waals surface area contributed by atoms with Crippen molar-refractivity contribution in [3.8, 4) is 0 Å². The molecule has 3 rings (SSSR count). The first kappa shape index (κ1) is 9.87. The molecule has 0 bridgehead atoms. The molecule has 1 N–H and O–H groups in total. The first-order valence-corrected chi connectivity index (χ1v) is 6.99. The van der Waals surface area contributed by atoms with Crippen molar-refractivity contribution in [3.05, 3.63) is 17.0 Å². The number of Topliss-reactive ketones (excluding diaryl/α,β-unsaturated/α-hetero) is 1. The van der Waals surface area contributed by atoms with E-state index in [1.807, 2.05) is 23.2 Å². The van der Waals surface area contributed by atoms with E-state index in [1.54, 1.807) is 11.3 Å². The molecule has 3 heterocycles. The van der Waals surface area contributed by atoms with Gasteiger partial charge in [-0.3, -0.25) is 4.79 Å². The minimum atomic E-state index is 0.209. The smallest absolute Gasteiger partial charge is 0.166 e. The van der Waals surface area contributed by atoms with E-state index in [0.717, 1.165) is 37.9 Å². The lowest BCUT2D eigenvalue weighted by atomic mass is 9.89. The fourth-order valence-electron chi connectivity index (χ4n) is 2.36. The van der Waals surface area contributed by atoms with Crippen molar-refractivity contribution in [2.75, 3.05) is 13.1 Å². The van der Waals surface area contributed by atoms with Crippen LogP contribution in [0, 0.1) is 0 Å². The predicted octanol–water partition coefficient (Wildman–Crippen LogP) is 2.55. The second kappa shape index (κ2) is 3.61. The zero-order chi connectivity index (χ0) is 10.3. The Morgan fingerprint density at radius 3 is 2.93 bits per heavy atom. The zero-order valence-corrected chi connectivity index (χ0v) is 10.0. The van der Waals surface area contributed by atoms with Crippen LogP contribution < -0.4 is 5.32 Å². The van der Waals surface area contributed by atoms with Gasteiger partial charge in [0, 0.05) is 16.7 Å². The van der Waals surface area contributed by atoms with Crippen molar-refractivity contribution in [2.45, 2.75) is 28.2 Å². The molecule has 2 nitrogen and oxygen atoms in total. The summed E-state index contributed by atoms with van der Waals surface area (Å²) in [7, 11) is 0. The first-order valence-electron chi connectivity index (χ1n) is 5.30. The van der Waals surface area contributed by atoms with Gasteiger partial charge in [-0.25, -0.2) is 0 Å². The van der Waals surface area contributed by atoms with E-state index in [0.29, 0.717) is 5.78 Å². The highest BCUT2D eigenvalue weighted by molar-refractivity contribution is 8.02. The number of fused-ring (bicyclic) bond motifs is 1. The second-order valence-corrected chi connectivity index (χ2v) is 6.91. The molecule has 1 spiro atoms. The van der Waals surface area contributed by atoms with Gasteiger partial charge in [-0.05, 0) is 37.4 Å². The van der Waals surface area contributed by atoms with Crippen molar-refractivity contribution in [3.63, 3.8) is 0 Å². The topological polar surface area (TPSA) is 29.1 Å². The molecule has 1 aromatic rings. The lowest BCUT2D eigenvalue weighted by Crippen LogP contribution is -2.42. The molecule has 0 radical (unpaired) electrons. The number of carbonyl (C=O) groups is 1. The van der Waals surface area contributed by atoms with Crippen molar-refractivity contribution >= 4 is 28.9 Å². The maximum atomic E-state index is 12.0. The van der Waals surface area contributed by atoms with Gasteiger partial charge in [0.2, 0.25) is 0 Å². The Morgan fingerprint density at radius 1 is 1.33 bits per heavy atom. The number of nitrogens with one attached hydrogen (secondary N) is 1. The Hall–Kier alpha value is -0.320. The Bertz CT molecular complexity index is 393. The molecule has 0 saturated carbocycles. The summed E-state index contributed by atoms with van der Waals surface area (Å²) in [5.41, 5.74) is 0.967. The van der Waals surface area contributed by atoms with Crippen molar-refractivity contribution in [2.24, 2.45) is 0 Å². The molecule has 0 amide bonds. The average Bonchev–Trinajstić information content (AvgIpc) is 2.67. The molecule has 4 heteroatoms. The van der Waals surface area contributed by atoms with Gasteiger partial charge >= 0.3 is 0 Å². The first-order chi connectivity index (χ1) is 7.29. The largest absolute Gasteiger partial charge is 0.317 e. The van der Waals surface area contributed by atoms with E-state index >= 15 is 0 Å². The number of piperidine rings is 1. The van der Waals surface area contributed by atoms with Crippen LogP contribution in [0.4, 0.5) is 0 Å². The highest BCUT2D eigenvalue weighted by Gasteiger charge is 2.40. The summed E-state index contributed by atoms with van der Waals surface area (Å²) in [5, 5.41) is 5.41. The lowest BCUT2D eigenvalue weighted by molar-refractivity contribution is 0.0956. The van der Waals surface area contributed by atoms with Crippen LogP contribution in [0.2, 0.25) is 0 Å². The number of carbonyl (C=O) groups excluding carboxylic acids is 1. The molecule has 2 aliphatic rings. The fraction of sp³-hybridized carbons (Fsp3) is 0.545. The maximum Gasteiger partial charge on any atom is 0.166 e. The van der Waals surface area contributed by atoms with Crippen LogP contribution in [0.5, 0.6) is 0 Å². The van der Waals surface area contributed by atoms with E-state index < -0.39 is 0 Å². The highest BCUT2D eigenvalue weighted by Crippen LogP contribution is 2.49. The van der Waals surface area contributed by atoms with Gasteiger partial charge in [-0.15, -0.1) is 23.1 Å². The van der Waals surface area contributed by atoms with Crippen molar-refractivity contribution < 1.29 is 4.79 Å². The van der Waals surface area contributed by atoms with E-state index in [1.165, 1.54) is 4.21 Å². The standard InChI is InChI=1S/C11H13NOS2/c13-9-7-11(2-4-12-5-3-11)15-10-8(9)1-6-14-10/h1,6,12H,2-5,7H2. The van der Waals surface area contributed by atoms with Crippen LogP contribution in [0.1, 0.15) is 29.6 Å². The Labute approximate surface area is 97.4 Å². The number of rotatable bonds is 0. The van der Waals surface area contributed by atoms with E-state index in [2.05, 4.69) is 5.32 Å². The van der Waals surface area contributed by atoms with Crippen molar-refractivity contribution in [1.82, 2.24) is 5.32 Å². The number of hydrogen-bond acceptors (Lipinski definition) is 4. The summed E-state index contributed by atoms with van der Waals surface area (Å²) in [5.74, 6) is 0.354. The van der Waals surface area contributed by atoms with Crippen LogP contribution in [-0.4, -0.2) is 23.6 Å². The molecular formula is C11H13NOS2. The molecule has 1 saturated heterocycles. The maximum absolute atomic E-state index is 12.0. The molecule has 15 heavy (non-hydrogen) atoms. The van der Waals surface area contributed by atoms with Gasteiger partial charge in [-0.1, -0.05) is 0 Å². The summed E-state index contributed by atoms with van der Waals surface area (Å²) < 4.78 is 1.45. The van der Waals surface area contributed by atoms with Gasteiger partial charge in [0.25, 0.3) is 0 Å². The SMILES string of the molecule is O=C1CC2(CCNCC2)Sc2sccc21. The van der Waals surface area contributed by atoms with Crippen LogP contribution in [0.15, 0.2) is 15.7 Å². The third-order valence-corrected chi connectivity index (χ3v) is 5.87. The van der Waals surface area contributed by atoms with E-state index in [-0.39, 0.29) is 4.75 Å². The number of thioether (sulfide) groups is 1. The van der Waals surface area contributed by atoms with Crippen LogP contribution >= 0.6 is 23.1 Å². The molecule has 0 atom stereocenters. The highest BCUT2D eigenvalue weighted by atomic mass is 32.2. The average molecular weight is 239 g/mol. The Kier molecular flexibility index (Phi) is 2.38. The van der Waals surface area contributed by atoms with Gasteiger partial charge in [0.15, 0.2) is 5.78 Å². The normalized spacial score (nSPS) is 24.1. The van der Waals surface area contributed by atoms with Gasteiger partial charge in [-0.2, -0.15) is 0 Å². The van der Waals surface area contributed by atoms with Crippen LogP contribution in [0.25, 0.3) is 0 Å². The fourth-order valence-corrected chi connectivity index (χ4v) is 5.19. The molecule has 1 fully saturated rings. The molecule has 0 unspecified atom stereocenters. The van der Waals surface area contributed by atoms with E-state index in [4.69, 9.17) is 0 Å². The Morgan fingerprint density at radius 2 is 2.13 bits per heavy atom. The summed E-state index contributed by atoms with van der Waals surface area (Å²) in [6.45, 7) is 2.11. The summed E-state index contributed by atoms with van der Waals surface area (Å²) in [4.78, 5) is 12.0. The molecule has 80 valence electrons. The lowest BCUT2D eigenvalue weighted by Gasteiger charge is -2.38. The van der Waals surface area contributed by atoms with Gasteiger partial charge < -0.3 is 5.32 Å². The molecular weight excluding hydrogens is 226 g/mol. The number of hydrogen-bond donors (Lipinski definition) is 1. The minimum absolute atomic E-state index is 0.209. The monoisotopic (exact) mass is 239 g/mol. The summed E-state index contributed by atoms with van der Waals surface area (Å²) >= 11 is 3.67.